The molecule has 0 unspecified atom stereocenters. The van der Waals surface area contributed by atoms with Crippen molar-refractivity contribution in [2.75, 3.05) is 5.75 Å². The van der Waals surface area contributed by atoms with Gasteiger partial charge in [0.2, 0.25) is 5.91 Å². The molecule has 1 N–H and O–H groups in total. The topological polar surface area (TPSA) is 54.9 Å². The van der Waals surface area contributed by atoms with Gasteiger partial charge in [-0.05, 0) is 29.6 Å². The Bertz CT molecular complexity index is 818. The van der Waals surface area contributed by atoms with Gasteiger partial charge in [0.15, 0.2) is 10.2 Å². The molecule has 122 valence electrons. The van der Waals surface area contributed by atoms with Gasteiger partial charge < -0.3 is 5.32 Å². The van der Waals surface area contributed by atoms with Crippen molar-refractivity contribution in [3.05, 3.63) is 65.7 Å². The number of amides is 1. The summed E-state index contributed by atoms with van der Waals surface area (Å²) in [6.07, 6.45) is 0. The van der Waals surface area contributed by atoms with Crippen LogP contribution in [0.15, 0.2) is 58.9 Å². The summed E-state index contributed by atoms with van der Waals surface area (Å²) >= 11 is 2.75. The fourth-order valence-corrected chi connectivity index (χ4v) is 3.61. The second-order valence-electron chi connectivity index (χ2n) is 5.25. The van der Waals surface area contributed by atoms with Gasteiger partial charge in [0.05, 0.1) is 5.75 Å². The maximum Gasteiger partial charge on any atom is 0.230 e. The van der Waals surface area contributed by atoms with Crippen LogP contribution in [0.5, 0.6) is 0 Å². The molecule has 1 heterocycles. The lowest BCUT2D eigenvalue weighted by Crippen LogP contribution is -2.24. The van der Waals surface area contributed by atoms with E-state index in [1.54, 1.807) is 0 Å². The number of benzene rings is 2. The lowest BCUT2D eigenvalue weighted by molar-refractivity contribution is -0.118. The van der Waals surface area contributed by atoms with Crippen molar-refractivity contribution in [1.82, 2.24) is 14.7 Å². The van der Waals surface area contributed by atoms with E-state index in [0.717, 1.165) is 26.9 Å². The molecule has 0 radical (unpaired) electrons. The predicted molar refractivity (Wildman–Crippen MR) is 99.1 cm³/mol. The van der Waals surface area contributed by atoms with Gasteiger partial charge in [0.1, 0.15) is 0 Å². The Balaban J connectivity index is 1.52. The van der Waals surface area contributed by atoms with Crippen LogP contribution in [0.4, 0.5) is 0 Å². The Hall–Kier alpha value is -2.18. The van der Waals surface area contributed by atoms with Gasteiger partial charge in [-0.15, -0.1) is 0 Å². The molecule has 0 saturated heterocycles. The average molecular weight is 355 g/mol. The quantitative estimate of drug-likeness (QED) is 0.681. The molecule has 0 bridgehead atoms. The van der Waals surface area contributed by atoms with Crippen LogP contribution in [0.2, 0.25) is 0 Å². The normalized spacial score (nSPS) is 10.5. The van der Waals surface area contributed by atoms with Crippen molar-refractivity contribution in [1.29, 1.82) is 0 Å². The zero-order valence-corrected chi connectivity index (χ0v) is 14.9. The van der Waals surface area contributed by atoms with E-state index in [1.165, 1.54) is 23.3 Å². The SMILES string of the molecule is Cc1ccccc1-c1nsc(SCC(=O)NCc2ccccc2)n1. The number of aryl methyl sites for hydroxylation is 1. The second kappa shape index (κ2) is 8.08. The number of nitrogens with one attached hydrogen (secondary N) is 1. The third-order valence-corrected chi connectivity index (χ3v) is 5.29. The summed E-state index contributed by atoms with van der Waals surface area (Å²) in [5.74, 6) is 1.07. The molecular formula is C18H17N3OS2. The van der Waals surface area contributed by atoms with Crippen molar-refractivity contribution < 1.29 is 4.79 Å². The lowest BCUT2D eigenvalue weighted by atomic mass is 10.1. The van der Waals surface area contributed by atoms with Gasteiger partial charge in [-0.3, -0.25) is 4.79 Å². The number of hydrogen-bond acceptors (Lipinski definition) is 5. The van der Waals surface area contributed by atoms with E-state index in [1.807, 2.05) is 61.5 Å². The first-order valence-electron chi connectivity index (χ1n) is 7.55. The van der Waals surface area contributed by atoms with E-state index in [4.69, 9.17) is 0 Å². The van der Waals surface area contributed by atoms with Crippen LogP contribution in [0.25, 0.3) is 11.4 Å². The number of aromatic nitrogens is 2. The van der Waals surface area contributed by atoms with E-state index in [-0.39, 0.29) is 5.91 Å². The van der Waals surface area contributed by atoms with E-state index < -0.39 is 0 Å². The molecule has 1 aromatic heterocycles. The minimum absolute atomic E-state index is 0.00325. The fraction of sp³-hybridized carbons (Fsp3) is 0.167. The summed E-state index contributed by atoms with van der Waals surface area (Å²) in [5, 5.41) is 2.91. The molecule has 3 rings (SSSR count). The summed E-state index contributed by atoms with van der Waals surface area (Å²) in [5.41, 5.74) is 3.27. The first-order chi connectivity index (χ1) is 11.7. The first-order valence-corrected chi connectivity index (χ1v) is 9.31. The molecule has 24 heavy (non-hydrogen) atoms. The molecule has 2 aromatic carbocycles. The fourth-order valence-electron chi connectivity index (χ4n) is 2.18. The standard InChI is InChI=1S/C18H17N3OS2/c1-13-7-5-6-10-15(13)17-20-18(24-21-17)23-12-16(22)19-11-14-8-3-2-4-9-14/h2-10H,11-12H2,1H3,(H,19,22). The Labute approximate surface area is 149 Å². The molecule has 0 aliphatic carbocycles. The maximum absolute atomic E-state index is 11.9. The summed E-state index contributed by atoms with van der Waals surface area (Å²) < 4.78 is 5.21. The highest BCUT2D eigenvalue weighted by atomic mass is 32.2. The molecule has 0 spiro atoms. The van der Waals surface area contributed by atoms with E-state index in [2.05, 4.69) is 14.7 Å². The van der Waals surface area contributed by atoms with Gasteiger partial charge in [-0.25, -0.2) is 4.98 Å². The van der Waals surface area contributed by atoms with E-state index >= 15 is 0 Å². The smallest absolute Gasteiger partial charge is 0.230 e. The summed E-state index contributed by atoms with van der Waals surface area (Å²) in [7, 11) is 0. The molecule has 3 aromatic rings. The molecule has 4 nitrogen and oxygen atoms in total. The largest absolute Gasteiger partial charge is 0.351 e. The molecule has 0 saturated carbocycles. The van der Waals surface area contributed by atoms with Crippen molar-refractivity contribution in [2.45, 2.75) is 17.8 Å². The minimum atomic E-state index is -0.00325. The van der Waals surface area contributed by atoms with Gasteiger partial charge >= 0.3 is 0 Å². The maximum atomic E-state index is 11.9. The van der Waals surface area contributed by atoms with Crippen molar-refractivity contribution in [2.24, 2.45) is 0 Å². The molecule has 0 fully saturated rings. The molecule has 0 atom stereocenters. The van der Waals surface area contributed by atoms with Crippen LogP contribution < -0.4 is 5.32 Å². The zero-order chi connectivity index (χ0) is 16.8. The lowest BCUT2D eigenvalue weighted by Gasteiger charge is -2.04. The van der Waals surface area contributed by atoms with Gasteiger partial charge in [-0.1, -0.05) is 66.4 Å². The van der Waals surface area contributed by atoms with Crippen molar-refractivity contribution in [3.63, 3.8) is 0 Å². The molecular weight excluding hydrogens is 338 g/mol. The highest BCUT2D eigenvalue weighted by molar-refractivity contribution is 8.01. The Morgan fingerprint density at radius 3 is 2.67 bits per heavy atom. The number of rotatable bonds is 6. The van der Waals surface area contributed by atoms with Gasteiger partial charge in [-0.2, -0.15) is 4.37 Å². The number of carbonyl (C=O) groups excluding carboxylic acids is 1. The number of nitrogens with zero attached hydrogens (tertiary/aromatic N) is 2. The monoisotopic (exact) mass is 355 g/mol. The van der Waals surface area contributed by atoms with E-state index in [9.17, 15) is 4.79 Å². The third kappa shape index (κ3) is 4.43. The molecule has 0 aliphatic heterocycles. The van der Waals surface area contributed by atoms with Gasteiger partial charge in [0.25, 0.3) is 0 Å². The van der Waals surface area contributed by atoms with Gasteiger partial charge in [0, 0.05) is 12.1 Å². The summed E-state index contributed by atoms with van der Waals surface area (Å²) in [6.45, 7) is 2.59. The van der Waals surface area contributed by atoms with Crippen LogP contribution in [-0.4, -0.2) is 21.0 Å². The second-order valence-corrected chi connectivity index (χ2v) is 7.22. The Kier molecular flexibility index (Phi) is 5.61. The average Bonchev–Trinajstić information content (AvgIpc) is 3.08. The van der Waals surface area contributed by atoms with Crippen molar-refractivity contribution >= 4 is 29.2 Å². The number of hydrogen-bond donors (Lipinski definition) is 1. The molecule has 0 aliphatic rings. The first kappa shape index (κ1) is 16.7. The van der Waals surface area contributed by atoms with Crippen LogP contribution in [0.1, 0.15) is 11.1 Å². The summed E-state index contributed by atoms with van der Waals surface area (Å²) in [4.78, 5) is 16.5. The highest BCUT2D eigenvalue weighted by Crippen LogP contribution is 2.26. The zero-order valence-electron chi connectivity index (χ0n) is 13.2. The minimum Gasteiger partial charge on any atom is -0.351 e. The predicted octanol–water partition coefficient (Wildman–Crippen LogP) is 3.92. The van der Waals surface area contributed by atoms with Crippen LogP contribution in [0.3, 0.4) is 0 Å². The van der Waals surface area contributed by atoms with Crippen LogP contribution >= 0.6 is 23.3 Å². The Morgan fingerprint density at radius 1 is 1.12 bits per heavy atom. The van der Waals surface area contributed by atoms with Crippen LogP contribution in [0, 0.1) is 6.92 Å². The van der Waals surface area contributed by atoms with Crippen LogP contribution in [-0.2, 0) is 11.3 Å². The van der Waals surface area contributed by atoms with Crippen molar-refractivity contribution in [3.8, 4) is 11.4 Å². The molecule has 6 heteroatoms. The number of carbonyl (C=O) groups is 1. The highest BCUT2D eigenvalue weighted by Gasteiger charge is 2.10. The van der Waals surface area contributed by atoms with E-state index in [0.29, 0.717) is 12.3 Å². The number of thioether (sulfide) groups is 1. The molecule has 1 amide bonds. The summed E-state index contributed by atoms with van der Waals surface area (Å²) in [6, 6.07) is 17.9. The Morgan fingerprint density at radius 2 is 1.88 bits per heavy atom. The third-order valence-electron chi connectivity index (χ3n) is 3.45.